The third-order valence-corrected chi connectivity index (χ3v) is 13.6. The maximum Gasteiger partial charge on any atom is 0.245 e. The number of H-pyrrole nitrogens is 2. The van der Waals surface area contributed by atoms with Crippen LogP contribution in [0, 0.1) is 0 Å². The number of carbonyl (C=O) groups excluding carboxylic acids is 2. The molecule has 4 aromatic carbocycles. The largest absolute Gasteiger partial charge is 0.487 e. The standard InChI is InChI=1S/C50H58N8O10S2/c1-65-27-29-67-45-37(33-19-21-34(22-20-33)39-31-51-47(53-39)41-17-11-25-57(41)49(59)43(55-69(3,61)62)35-13-7-5-8-14-35)23-24-38(46(45)68-30-28-66-2)40-32-52-48(54-40)42-18-12-26-58(42)50(60)44(56-70(4,63)64)36-15-9-6-10-16-36/h5-10,13-16,19-24,31-32,41-44,55-56H,11-12,17-18,25-30H2,1-4H3,(H,51,53)(H,52,54). The zero-order valence-corrected chi connectivity index (χ0v) is 41.1. The number of hydrogen-bond donors (Lipinski definition) is 4. The molecule has 4 unspecified atom stereocenters. The summed E-state index contributed by atoms with van der Waals surface area (Å²) in [7, 11) is -4.26. The molecule has 8 rings (SSSR count). The van der Waals surface area contributed by atoms with Gasteiger partial charge >= 0.3 is 0 Å². The van der Waals surface area contributed by atoms with E-state index in [2.05, 4.69) is 19.4 Å². The molecule has 2 aliphatic rings. The fraction of sp³-hybridized carbons (Fsp3) is 0.360. The number of benzene rings is 4. The van der Waals surface area contributed by atoms with Gasteiger partial charge in [-0.05, 0) is 60.1 Å². The molecule has 18 nitrogen and oxygen atoms in total. The van der Waals surface area contributed by atoms with Gasteiger partial charge in [0.2, 0.25) is 31.9 Å². The minimum atomic E-state index is -3.74. The maximum absolute atomic E-state index is 14.2. The smallest absolute Gasteiger partial charge is 0.245 e. The molecule has 0 saturated carbocycles. The van der Waals surface area contributed by atoms with E-state index in [-0.39, 0.29) is 31.1 Å². The lowest BCUT2D eigenvalue weighted by Gasteiger charge is -2.28. The SMILES string of the molecule is COCCOc1c(-c2ccc(-c3cnc(C4CCCN4C(=O)C(NS(C)(=O)=O)c4ccccc4)[nH]3)cc2)ccc(-c2cnc(C3CCCN3C(=O)C(NS(C)(=O)=O)c3ccccc3)[nH]2)c1OCCOC. The van der Waals surface area contributed by atoms with E-state index in [9.17, 15) is 26.4 Å². The van der Waals surface area contributed by atoms with Crippen molar-refractivity contribution in [3.8, 4) is 45.1 Å². The van der Waals surface area contributed by atoms with Crippen molar-refractivity contribution in [2.24, 2.45) is 0 Å². The number of ether oxygens (including phenoxy) is 4. The molecule has 0 bridgehead atoms. The van der Waals surface area contributed by atoms with E-state index in [1.807, 2.05) is 48.5 Å². The van der Waals surface area contributed by atoms with E-state index in [1.54, 1.807) is 84.9 Å². The Morgan fingerprint density at radius 3 is 1.50 bits per heavy atom. The fourth-order valence-corrected chi connectivity index (χ4v) is 10.4. The Labute approximate surface area is 408 Å². The molecule has 370 valence electrons. The second-order valence-corrected chi connectivity index (χ2v) is 20.8. The molecular formula is C50H58N8O10S2. The minimum absolute atomic E-state index is 0.208. The first-order valence-corrected chi connectivity index (χ1v) is 26.8. The Morgan fingerprint density at radius 2 is 1.03 bits per heavy atom. The number of hydrogen-bond acceptors (Lipinski definition) is 12. The molecule has 2 fully saturated rings. The van der Waals surface area contributed by atoms with Crippen molar-refractivity contribution >= 4 is 31.9 Å². The predicted octanol–water partition coefficient (Wildman–Crippen LogP) is 6.09. The second kappa shape index (κ2) is 22.1. The van der Waals surface area contributed by atoms with Gasteiger partial charge in [0.25, 0.3) is 0 Å². The number of sulfonamides is 2. The molecule has 0 spiro atoms. The first kappa shape index (κ1) is 50.0. The minimum Gasteiger partial charge on any atom is -0.487 e. The van der Waals surface area contributed by atoms with Crippen molar-refractivity contribution in [2.75, 3.05) is 66.2 Å². The summed E-state index contributed by atoms with van der Waals surface area (Å²) in [4.78, 5) is 48.0. The van der Waals surface area contributed by atoms with Crippen molar-refractivity contribution in [3.05, 3.63) is 132 Å². The average Bonchev–Trinajstić information content (AvgIpc) is 4.21. The number of amides is 2. The van der Waals surface area contributed by atoms with Crippen LogP contribution >= 0.6 is 0 Å². The normalized spacial score (nSPS) is 17.1. The van der Waals surface area contributed by atoms with Crippen molar-refractivity contribution in [3.63, 3.8) is 0 Å². The van der Waals surface area contributed by atoms with Crippen LogP contribution in [-0.4, -0.2) is 125 Å². The average molecular weight is 995 g/mol. The zero-order valence-electron chi connectivity index (χ0n) is 39.5. The van der Waals surface area contributed by atoms with Crippen LogP contribution in [0.15, 0.2) is 109 Å². The van der Waals surface area contributed by atoms with Crippen LogP contribution < -0.4 is 18.9 Å². The topological polar surface area (TPSA) is 227 Å². The number of imidazole rings is 2. The molecule has 0 radical (unpaired) electrons. The van der Waals surface area contributed by atoms with Gasteiger partial charge in [-0.3, -0.25) is 9.59 Å². The molecule has 2 aromatic heterocycles. The Morgan fingerprint density at radius 1 is 0.600 bits per heavy atom. The van der Waals surface area contributed by atoms with Gasteiger partial charge in [0.15, 0.2) is 11.5 Å². The highest BCUT2D eigenvalue weighted by molar-refractivity contribution is 7.89. The van der Waals surface area contributed by atoms with E-state index < -0.39 is 38.2 Å². The number of aromatic amines is 2. The number of nitrogens with zero attached hydrogens (tertiary/aromatic N) is 4. The van der Waals surface area contributed by atoms with Gasteiger partial charge < -0.3 is 38.7 Å². The molecule has 0 aliphatic carbocycles. The van der Waals surface area contributed by atoms with Crippen LogP contribution in [-0.2, 0) is 39.1 Å². The number of likely N-dealkylation sites (tertiary alicyclic amines) is 2. The number of rotatable bonds is 21. The summed E-state index contributed by atoms with van der Waals surface area (Å²) in [6, 6.07) is 26.4. The lowest BCUT2D eigenvalue weighted by molar-refractivity contribution is -0.135. The predicted molar refractivity (Wildman–Crippen MR) is 263 cm³/mol. The summed E-state index contributed by atoms with van der Waals surface area (Å²) in [5.74, 6) is 1.35. The van der Waals surface area contributed by atoms with Crippen LogP contribution in [0.4, 0.5) is 0 Å². The third-order valence-electron chi connectivity index (χ3n) is 12.3. The number of aromatic nitrogens is 4. The highest BCUT2D eigenvalue weighted by Crippen LogP contribution is 2.46. The molecule has 20 heteroatoms. The lowest BCUT2D eigenvalue weighted by Crippen LogP contribution is -2.42. The second-order valence-electron chi connectivity index (χ2n) is 17.3. The number of carbonyl (C=O) groups is 2. The maximum atomic E-state index is 14.2. The van der Waals surface area contributed by atoms with E-state index in [0.29, 0.717) is 91.1 Å². The Bertz CT molecular complexity index is 2970. The summed E-state index contributed by atoms with van der Waals surface area (Å²) in [5, 5.41) is 0. The molecule has 2 amide bonds. The summed E-state index contributed by atoms with van der Waals surface area (Å²) < 4.78 is 78.4. The van der Waals surface area contributed by atoms with Crippen molar-refractivity contribution < 1.29 is 45.4 Å². The highest BCUT2D eigenvalue weighted by Gasteiger charge is 2.39. The summed E-state index contributed by atoms with van der Waals surface area (Å²) in [6.45, 7) is 1.92. The van der Waals surface area contributed by atoms with Crippen molar-refractivity contribution in [1.82, 2.24) is 39.2 Å². The highest BCUT2D eigenvalue weighted by atomic mass is 32.2. The molecule has 2 aliphatic heterocycles. The van der Waals surface area contributed by atoms with E-state index in [4.69, 9.17) is 28.9 Å². The molecular weight excluding hydrogens is 937 g/mol. The first-order valence-electron chi connectivity index (χ1n) is 23.0. The first-order chi connectivity index (χ1) is 33.7. The molecule has 4 atom stereocenters. The van der Waals surface area contributed by atoms with Crippen LogP contribution in [0.1, 0.15) is 72.6 Å². The van der Waals surface area contributed by atoms with E-state index >= 15 is 0 Å². The van der Waals surface area contributed by atoms with Crippen LogP contribution in [0.5, 0.6) is 11.5 Å². The molecule has 6 aromatic rings. The van der Waals surface area contributed by atoms with Gasteiger partial charge in [0.1, 0.15) is 36.9 Å². The van der Waals surface area contributed by atoms with Gasteiger partial charge in [-0.25, -0.2) is 26.8 Å². The van der Waals surface area contributed by atoms with E-state index in [1.165, 1.54) is 0 Å². The lowest BCUT2D eigenvalue weighted by atomic mass is 9.98. The van der Waals surface area contributed by atoms with Crippen molar-refractivity contribution in [2.45, 2.75) is 49.9 Å². The number of methoxy groups -OCH3 is 2. The molecule has 70 heavy (non-hydrogen) atoms. The van der Waals surface area contributed by atoms with Crippen LogP contribution in [0.2, 0.25) is 0 Å². The van der Waals surface area contributed by atoms with Crippen LogP contribution in [0.25, 0.3) is 33.6 Å². The Hall–Kier alpha value is -6.42. The summed E-state index contributed by atoms with van der Waals surface area (Å²) >= 11 is 0. The quantitative estimate of drug-likeness (QED) is 0.0601. The summed E-state index contributed by atoms with van der Waals surface area (Å²) in [5.41, 5.74) is 5.54. The molecule has 2 saturated heterocycles. The van der Waals surface area contributed by atoms with Crippen LogP contribution in [0.3, 0.4) is 0 Å². The van der Waals surface area contributed by atoms with Gasteiger partial charge in [0.05, 0.1) is 61.6 Å². The molecule has 4 N–H and O–H groups in total. The Balaban J connectivity index is 1.06. The number of nitrogens with one attached hydrogen (secondary N) is 4. The van der Waals surface area contributed by atoms with E-state index in [0.717, 1.165) is 41.3 Å². The van der Waals surface area contributed by atoms with Gasteiger partial charge in [-0.1, -0.05) is 84.9 Å². The van der Waals surface area contributed by atoms with Gasteiger partial charge in [0, 0.05) is 38.4 Å². The Kier molecular flexibility index (Phi) is 15.8. The van der Waals surface area contributed by atoms with Gasteiger partial charge in [-0.2, -0.15) is 9.44 Å². The zero-order chi connectivity index (χ0) is 49.4. The van der Waals surface area contributed by atoms with Gasteiger partial charge in [-0.15, -0.1) is 0 Å². The van der Waals surface area contributed by atoms with Crippen molar-refractivity contribution in [1.29, 1.82) is 0 Å². The summed E-state index contributed by atoms with van der Waals surface area (Å²) in [6.07, 6.45) is 8.23. The monoisotopic (exact) mass is 994 g/mol. The fourth-order valence-electron chi connectivity index (χ4n) is 9.07. The third kappa shape index (κ3) is 11.8. The molecule has 4 heterocycles.